The van der Waals surface area contributed by atoms with Gasteiger partial charge in [-0.15, -0.1) is 10.2 Å². The van der Waals surface area contributed by atoms with Gasteiger partial charge in [0.25, 0.3) is 0 Å². The molecule has 182 valence electrons. The number of fused-ring (bicyclic) bond motifs is 1. The fraction of sp³-hybridized carbons (Fsp3) is 0.308. The van der Waals surface area contributed by atoms with Crippen LogP contribution in [0, 0.1) is 0 Å². The molecule has 1 atom stereocenters. The number of allylic oxidation sites excluding steroid dienone is 1. The molecular formula is C26H29N5O4. The van der Waals surface area contributed by atoms with Crippen LogP contribution in [0.4, 0.5) is 5.69 Å². The summed E-state index contributed by atoms with van der Waals surface area (Å²) in [4.78, 5) is 12.6. The number of ether oxygens (including phenoxy) is 3. The molecule has 0 aliphatic carbocycles. The van der Waals surface area contributed by atoms with Gasteiger partial charge in [-0.05, 0) is 48.7 Å². The lowest BCUT2D eigenvalue weighted by Gasteiger charge is -2.26. The van der Waals surface area contributed by atoms with Crippen LogP contribution in [0.5, 0.6) is 17.2 Å². The summed E-state index contributed by atoms with van der Waals surface area (Å²) < 4.78 is 17.5. The maximum absolute atomic E-state index is 12.6. The van der Waals surface area contributed by atoms with Gasteiger partial charge in [-0.2, -0.15) is 5.21 Å². The van der Waals surface area contributed by atoms with Crippen LogP contribution in [-0.2, 0) is 4.79 Å². The van der Waals surface area contributed by atoms with Crippen LogP contribution < -0.4 is 19.5 Å². The number of carbonyl (C=O) groups is 1. The zero-order valence-corrected chi connectivity index (χ0v) is 19.6. The van der Waals surface area contributed by atoms with E-state index in [0.717, 1.165) is 17.7 Å². The van der Waals surface area contributed by atoms with Gasteiger partial charge in [0.15, 0.2) is 17.6 Å². The molecule has 0 spiro atoms. The number of amides is 1. The van der Waals surface area contributed by atoms with Crippen LogP contribution >= 0.6 is 0 Å². The second-order valence-corrected chi connectivity index (χ2v) is 7.99. The lowest BCUT2D eigenvalue weighted by molar-refractivity contribution is -0.111. The number of rotatable bonds is 11. The van der Waals surface area contributed by atoms with Crippen LogP contribution in [-0.4, -0.2) is 39.7 Å². The standard InChI is InChI=1S/C26H29N5O4/c1-2-3-4-5-6-7-17-33-20-14-11-19(12-15-20)13-16-24(32)27-21-9-8-10-22-25(21)35-23(18-34-22)26-28-30-31-29-26/h6-16,23H,2-5,17-18H2,1H3,(H,27,32)(H,28,29,30,31)/b7-6+,16-13?. The minimum atomic E-state index is -0.521. The molecule has 4 rings (SSSR count). The first-order valence-corrected chi connectivity index (χ1v) is 11.8. The molecule has 2 aromatic carbocycles. The van der Waals surface area contributed by atoms with E-state index < -0.39 is 6.10 Å². The molecule has 1 aliphatic heterocycles. The van der Waals surface area contributed by atoms with Crippen LogP contribution in [0.15, 0.2) is 60.7 Å². The highest BCUT2D eigenvalue weighted by Gasteiger charge is 2.28. The molecule has 0 fully saturated rings. The number of aromatic amines is 1. The normalized spacial score (nSPS) is 14.9. The Bertz CT molecular complexity index is 1140. The van der Waals surface area contributed by atoms with E-state index in [1.165, 1.54) is 25.3 Å². The van der Waals surface area contributed by atoms with Crippen molar-refractivity contribution in [1.29, 1.82) is 0 Å². The maximum Gasteiger partial charge on any atom is 0.248 e. The van der Waals surface area contributed by atoms with Crippen LogP contribution in [0.25, 0.3) is 6.08 Å². The molecule has 0 radical (unpaired) electrons. The first-order chi connectivity index (χ1) is 17.2. The Morgan fingerprint density at radius 2 is 2.09 bits per heavy atom. The molecule has 3 aromatic rings. The van der Waals surface area contributed by atoms with Crippen LogP contribution in [0.3, 0.4) is 0 Å². The zero-order valence-electron chi connectivity index (χ0n) is 19.6. The minimum absolute atomic E-state index is 0.249. The number of hydrogen-bond acceptors (Lipinski definition) is 7. The summed E-state index contributed by atoms with van der Waals surface area (Å²) in [6, 6.07) is 12.9. The van der Waals surface area contributed by atoms with E-state index in [-0.39, 0.29) is 12.5 Å². The Morgan fingerprint density at radius 1 is 1.20 bits per heavy atom. The average molecular weight is 476 g/mol. The smallest absolute Gasteiger partial charge is 0.248 e. The number of tetrazole rings is 1. The summed E-state index contributed by atoms with van der Waals surface area (Å²) in [7, 11) is 0. The fourth-order valence-corrected chi connectivity index (χ4v) is 3.49. The topological polar surface area (TPSA) is 111 Å². The van der Waals surface area contributed by atoms with Crippen molar-refractivity contribution in [2.24, 2.45) is 0 Å². The Labute approximate surface area is 204 Å². The van der Waals surface area contributed by atoms with E-state index in [2.05, 4.69) is 45.0 Å². The molecule has 0 saturated carbocycles. The summed E-state index contributed by atoms with van der Waals surface area (Å²) >= 11 is 0. The van der Waals surface area contributed by atoms with E-state index in [9.17, 15) is 4.79 Å². The first-order valence-electron chi connectivity index (χ1n) is 11.8. The van der Waals surface area contributed by atoms with E-state index in [1.54, 1.807) is 24.3 Å². The number of H-pyrrole nitrogens is 1. The molecule has 0 saturated heterocycles. The van der Waals surface area contributed by atoms with Crippen molar-refractivity contribution in [3.63, 3.8) is 0 Å². The number of para-hydroxylation sites is 1. The second kappa shape index (κ2) is 12.4. The summed E-state index contributed by atoms with van der Waals surface area (Å²) in [6.07, 6.45) is 11.7. The number of nitrogens with zero attached hydrogens (tertiary/aromatic N) is 3. The monoisotopic (exact) mass is 475 g/mol. The van der Waals surface area contributed by atoms with Gasteiger partial charge < -0.3 is 19.5 Å². The van der Waals surface area contributed by atoms with Gasteiger partial charge in [-0.1, -0.05) is 55.3 Å². The van der Waals surface area contributed by atoms with E-state index >= 15 is 0 Å². The van der Waals surface area contributed by atoms with Gasteiger partial charge in [0.2, 0.25) is 11.7 Å². The number of hydrogen-bond donors (Lipinski definition) is 2. The molecule has 2 N–H and O–H groups in total. The summed E-state index contributed by atoms with van der Waals surface area (Å²) in [5.41, 5.74) is 1.38. The third-order valence-electron chi connectivity index (χ3n) is 5.33. The van der Waals surface area contributed by atoms with Crippen molar-refractivity contribution < 1.29 is 19.0 Å². The molecule has 2 heterocycles. The number of aromatic nitrogens is 4. The number of benzene rings is 2. The van der Waals surface area contributed by atoms with Crippen molar-refractivity contribution in [3.8, 4) is 17.2 Å². The maximum atomic E-state index is 12.6. The van der Waals surface area contributed by atoms with Crippen molar-refractivity contribution in [3.05, 3.63) is 72.1 Å². The zero-order chi connectivity index (χ0) is 24.3. The fourth-order valence-electron chi connectivity index (χ4n) is 3.49. The average Bonchev–Trinajstić information content (AvgIpc) is 3.43. The van der Waals surface area contributed by atoms with Crippen molar-refractivity contribution in [2.75, 3.05) is 18.5 Å². The van der Waals surface area contributed by atoms with Crippen molar-refractivity contribution in [2.45, 2.75) is 38.7 Å². The van der Waals surface area contributed by atoms with Crippen molar-refractivity contribution >= 4 is 17.7 Å². The Morgan fingerprint density at radius 3 is 2.89 bits per heavy atom. The lowest BCUT2D eigenvalue weighted by Crippen LogP contribution is -2.24. The number of carbonyl (C=O) groups excluding carboxylic acids is 1. The number of nitrogens with one attached hydrogen (secondary N) is 2. The molecule has 1 unspecified atom stereocenters. The molecule has 9 nitrogen and oxygen atoms in total. The molecule has 1 amide bonds. The Hall–Kier alpha value is -4.14. The van der Waals surface area contributed by atoms with Crippen molar-refractivity contribution in [1.82, 2.24) is 20.6 Å². The molecule has 35 heavy (non-hydrogen) atoms. The lowest BCUT2D eigenvalue weighted by atomic mass is 10.2. The van der Waals surface area contributed by atoms with Gasteiger partial charge in [0.05, 0.1) is 5.69 Å². The molecule has 0 bridgehead atoms. The number of unbranched alkanes of at least 4 members (excludes halogenated alkanes) is 3. The highest BCUT2D eigenvalue weighted by Crippen LogP contribution is 2.41. The minimum Gasteiger partial charge on any atom is -0.490 e. The SMILES string of the molecule is CCCCC/C=C/COc1ccc(C=CC(=O)Nc2cccc3c2OC(c2nn[nH]n2)CO3)cc1. The quantitative estimate of drug-likeness (QED) is 0.231. The second-order valence-electron chi connectivity index (χ2n) is 7.99. The predicted octanol–water partition coefficient (Wildman–Crippen LogP) is 4.88. The summed E-state index contributed by atoms with van der Waals surface area (Å²) in [5.74, 6) is 1.84. The third kappa shape index (κ3) is 6.92. The van der Waals surface area contributed by atoms with E-state index in [4.69, 9.17) is 14.2 Å². The molecule has 1 aromatic heterocycles. The van der Waals surface area contributed by atoms with E-state index in [0.29, 0.717) is 29.6 Å². The van der Waals surface area contributed by atoms with Crippen LogP contribution in [0.1, 0.15) is 50.1 Å². The predicted molar refractivity (Wildman–Crippen MR) is 132 cm³/mol. The molecule has 9 heteroatoms. The number of anilines is 1. The molecule has 1 aliphatic rings. The Balaban J connectivity index is 1.29. The summed E-state index contributed by atoms with van der Waals surface area (Å²) in [6.45, 7) is 3.00. The highest BCUT2D eigenvalue weighted by molar-refractivity contribution is 6.03. The van der Waals surface area contributed by atoms with Crippen LogP contribution in [0.2, 0.25) is 0 Å². The van der Waals surface area contributed by atoms with Gasteiger partial charge in [0, 0.05) is 6.08 Å². The van der Waals surface area contributed by atoms with Gasteiger partial charge >= 0.3 is 0 Å². The van der Waals surface area contributed by atoms with Gasteiger partial charge in [-0.3, -0.25) is 4.79 Å². The van der Waals surface area contributed by atoms with Gasteiger partial charge in [0.1, 0.15) is 19.0 Å². The summed E-state index contributed by atoms with van der Waals surface area (Å²) in [5, 5.41) is 16.7. The van der Waals surface area contributed by atoms with E-state index in [1.807, 2.05) is 24.3 Å². The Kier molecular flexibility index (Phi) is 8.47. The molecular weight excluding hydrogens is 446 g/mol. The highest BCUT2D eigenvalue weighted by atomic mass is 16.6. The first kappa shape index (κ1) is 24.0. The largest absolute Gasteiger partial charge is 0.490 e. The third-order valence-corrected chi connectivity index (χ3v) is 5.33. The van der Waals surface area contributed by atoms with Gasteiger partial charge in [-0.25, -0.2) is 0 Å².